The van der Waals surface area contributed by atoms with E-state index in [1.165, 1.54) is 0 Å². The molecule has 5 nitrogen and oxygen atoms in total. The molecule has 0 aliphatic rings. The average molecular weight is 258 g/mol. The highest BCUT2D eigenvalue weighted by Gasteiger charge is 2.21. The summed E-state index contributed by atoms with van der Waals surface area (Å²) < 4.78 is 0. The van der Waals surface area contributed by atoms with Gasteiger partial charge in [-0.2, -0.15) is 0 Å². The number of carboxylic acids is 1. The minimum Gasteiger partial charge on any atom is -0.481 e. The van der Waals surface area contributed by atoms with Gasteiger partial charge in [0.25, 0.3) is 0 Å². The maximum atomic E-state index is 11.6. The zero-order valence-corrected chi connectivity index (χ0v) is 12.0. The predicted molar refractivity (Wildman–Crippen MR) is 71.5 cm³/mol. The smallest absolute Gasteiger partial charge is 0.315 e. The molecular formula is C13H26N2O3. The Labute approximate surface area is 109 Å². The predicted octanol–water partition coefficient (Wildman–Crippen LogP) is 2.22. The summed E-state index contributed by atoms with van der Waals surface area (Å²) >= 11 is 0. The lowest BCUT2D eigenvalue weighted by Crippen LogP contribution is -2.47. The van der Waals surface area contributed by atoms with Crippen LogP contribution in [0, 0.1) is 11.3 Å². The molecule has 0 saturated carbocycles. The Balaban J connectivity index is 3.86. The fourth-order valence-corrected chi connectivity index (χ4v) is 1.20. The summed E-state index contributed by atoms with van der Waals surface area (Å²) in [5.41, 5.74) is 0.0201. The number of carboxylic acid groups (broad SMARTS) is 1. The van der Waals surface area contributed by atoms with Crippen LogP contribution in [0.3, 0.4) is 0 Å². The second kappa shape index (κ2) is 7.24. The molecule has 0 fully saturated rings. The maximum Gasteiger partial charge on any atom is 0.315 e. The van der Waals surface area contributed by atoms with Gasteiger partial charge in [-0.3, -0.25) is 4.79 Å². The lowest BCUT2D eigenvalue weighted by Gasteiger charge is -2.28. The number of aliphatic carboxylic acids is 1. The third-order valence-corrected chi connectivity index (χ3v) is 3.11. The summed E-state index contributed by atoms with van der Waals surface area (Å²) in [4.78, 5) is 22.0. The third-order valence-electron chi connectivity index (χ3n) is 3.11. The highest BCUT2D eigenvalue weighted by Crippen LogP contribution is 2.18. The van der Waals surface area contributed by atoms with Gasteiger partial charge in [0, 0.05) is 19.0 Å². The molecule has 0 aromatic rings. The molecule has 0 spiro atoms. The Kier molecular flexibility index (Phi) is 6.73. The number of carbonyl (C=O) groups is 2. The van der Waals surface area contributed by atoms with Gasteiger partial charge in [-0.05, 0) is 24.7 Å². The van der Waals surface area contributed by atoms with E-state index in [0.29, 0.717) is 13.0 Å². The van der Waals surface area contributed by atoms with E-state index in [4.69, 9.17) is 5.11 Å². The molecule has 0 bridgehead atoms. The van der Waals surface area contributed by atoms with Crippen molar-refractivity contribution in [2.45, 2.75) is 53.5 Å². The second-order valence-electron chi connectivity index (χ2n) is 5.98. The molecule has 18 heavy (non-hydrogen) atoms. The van der Waals surface area contributed by atoms with Crippen LogP contribution < -0.4 is 10.6 Å². The number of hydrogen-bond acceptors (Lipinski definition) is 2. The van der Waals surface area contributed by atoms with E-state index < -0.39 is 5.97 Å². The van der Waals surface area contributed by atoms with Crippen molar-refractivity contribution < 1.29 is 14.7 Å². The number of hydrogen-bond donors (Lipinski definition) is 3. The average Bonchev–Trinajstić information content (AvgIpc) is 2.22. The third kappa shape index (κ3) is 7.92. The SMILES string of the molecule is CC(CCC(=O)O)CNC(=O)NC(C)C(C)(C)C. The van der Waals surface area contributed by atoms with E-state index in [0.717, 1.165) is 0 Å². The molecule has 2 atom stereocenters. The topological polar surface area (TPSA) is 78.4 Å². The molecule has 0 saturated heterocycles. The summed E-state index contributed by atoms with van der Waals surface area (Å²) in [7, 11) is 0. The van der Waals surface area contributed by atoms with E-state index in [1.54, 1.807) is 0 Å². The maximum absolute atomic E-state index is 11.6. The van der Waals surface area contributed by atoms with Gasteiger partial charge < -0.3 is 15.7 Å². The van der Waals surface area contributed by atoms with E-state index in [2.05, 4.69) is 31.4 Å². The molecular weight excluding hydrogens is 232 g/mol. The van der Waals surface area contributed by atoms with Crippen LogP contribution in [0.1, 0.15) is 47.5 Å². The van der Waals surface area contributed by atoms with Crippen molar-refractivity contribution in [3.63, 3.8) is 0 Å². The van der Waals surface area contributed by atoms with Crippen LogP contribution in [0.25, 0.3) is 0 Å². The molecule has 106 valence electrons. The molecule has 0 radical (unpaired) electrons. The second-order valence-corrected chi connectivity index (χ2v) is 5.98. The van der Waals surface area contributed by atoms with Crippen molar-refractivity contribution in [3.8, 4) is 0 Å². The zero-order valence-electron chi connectivity index (χ0n) is 12.0. The monoisotopic (exact) mass is 258 g/mol. The van der Waals surface area contributed by atoms with Gasteiger partial charge in [0.05, 0.1) is 0 Å². The van der Waals surface area contributed by atoms with Crippen molar-refractivity contribution in [2.24, 2.45) is 11.3 Å². The van der Waals surface area contributed by atoms with Crippen molar-refractivity contribution in [1.82, 2.24) is 10.6 Å². The molecule has 3 N–H and O–H groups in total. The first-order valence-electron chi connectivity index (χ1n) is 6.39. The summed E-state index contributed by atoms with van der Waals surface area (Å²) in [5, 5.41) is 14.2. The van der Waals surface area contributed by atoms with Crippen LogP contribution in [-0.4, -0.2) is 29.7 Å². The van der Waals surface area contributed by atoms with E-state index in [9.17, 15) is 9.59 Å². The quantitative estimate of drug-likeness (QED) is 0.683. The zero-order chi connectivity index (χ0) is 14.3. The molecule has 0 aromatic heterocycles. The molecule has 0 heterocycles. The van der Waals surface area contributed by atoms with E-state index in [1.807, 2.05) is 13.8 Å². The largest absolute Gasteiger partial charge is 0.481 e. The summed E-state index contributed by atoms with van der Waals surface area (Å²) in [5.74, 6) is -0.635. The van der Waals surface area contributed by atoms with Crippen LogP contribution in [0.15, 0.2) is 0 Å². The number of amides is 2. The van der Waals surface area contributed by atoms with Gasteiger partial charge in [-0.25, -0.2) is 4.79 Å². The first-order chi connectivity index (χ1) is 8.12. The fourth-order valence-electron chi connectivity index (χ4n) is 1.20. The standard InChI is InChI=1S/C13H26N2O3/c1-9(6-7-11(16)17)8-14-12(18)15-10(2)13(3,4)5/h9-10H,6-8H2,1-5H3,(H,16,17)(H2,14,15,18). The molecule has 0 aromatic carbocycles. The lowest BCUT2D eigenvalue weighted by molar-refractivity contribution is -0.137. The number of carbonyl (C=O) groups excluding carboxylic acids is 1. The summed E-state index contributed by atoms with van der Waals surface area (Å²) in [6.07, 6.45) is 0.716. The Bertz CT molecular complexity index is 284. The van der Waals surface area contributed by atoms with Crippen molar-refractivity contribution in [1.29, 1.82) is 0 Å². The lowest BCUT2D eigenvalue weighted by atomic mass is 9.88. The first-order valence-corrected chi connectivity index (χ1v) is 6.39. The summed E-state index contributed by atoms with van der Waals surface area (Å²) in [6, 6.07) is -0.119. The van der Waals surface area contributed by atoms with Crippen LogP contribution in [0.4, 0.5) is 4.79 Å². The summed E-state index contributed by atoms with van der Waals surface area (Å²) in [6.45, 7) is 10.6. The van der Waals surface area contributed by atoms with Gasteiger partial charge >= 0.3 is 12.0 Å². The van der Waals surface area contributed by atoms with Gasteiger partial charge in [0.2, 0.25) is 0 Å². The van der Waals surface area contributed by atoms with Crippen LogP contribution >= 0.6 is 0 Å². The number of nitrogens with one attached hydrogen (secondary N) is 2. The minimum absolute atomic E-state index is 0.0201. The van der Waals surface area contributed by atoms with Gasteiger partial charge in [0.15, 0.2) is 0 Å². The van der Waals surface area contributed by atoms with Crippen LogP contribution in [0.5, 0.6) is 0 Å². The Morgan fingerprint density at radius 1 is 1.22 bits per heavy atom. The van der Waals surface area contributed by atoms with Crippen molar-refractivity contribution in [3.05, 3.63) is 0 Å². The first kappa shape index (κ1) is 16.7. The van der Waals surface area contributed by atoms with E-state index >= 15 is 0 Å². The van der Waals surface area contributed by atoms with Gasteiger partial charge in [-0.1, -0.05) is 27.7 Å². The Hall–Kier alpha value is -1.26. The Morgan fingerprint density at radius 2 is 1.78 bits per heavy atom. The van der Waals surface area contributed by atoms with Crippen LogP contribution in [0.2, 0.25) is 0 Å². The minimum atomic E-state index is -0.798. The van der Waals surface area contributed by atoms with Gasteiger partial charge in [0.1, 0.15) is 0 Å². The molecule has 2 unspecified atom stereocenters. The number of urea groups is 1. The highest BCUT2D eigenvalue weighted by atomic mass is 16.4. The fraction of sp³-hybridized carbons (Fsp3) is 0.846. The molecule has 5 heteroatoms. The van der Waals surface area contributed by atoms with Crippen LogP contribution in [-0.2, 0) is 4.79 Å². The highest BCUT2D eigenvalue weighted by molar-refractivity contribution is 5.74. The molecule has 0 aliphatic carbocycles. The molecule has 0 rings (SSSR count). The van der Waals surface area contributed by atoms with Crippen molar-refractivity contribution in [2.75, 3.05) is 6.54 Å². The normalized spacial score (nSPS) is 14.7. The van der Waals surface area contributed by atoms with E-state index in [-0.39, 0.29) is 29.8 Å². The van der Waals surface area contributed by atoms with Gasteiger partial charge in [-0.15, -0.1) is 0 Å². The van der Waals surface area contributed by atoms with Crippen molar-refractivity contribution >= 4 is 12.0 Å². The Morgan fingerprint density at radius 3 is 2.22 bits per heavy atom. The molecule has 2 amide bonds. The molecule has 0 aliphatic heterocycles. The number of rotatable bonds is 6.